The topological polar surface area (TPSA) is 93.1 Å². The predicted molar refractivity (Wildman–Crippen MR) is 108 cm³/mol. The van der Waals surface area contributed by atoms with Crippen LogP contribution in [0.1, 0.15) is 6.92 Å². The van der Waals surface area contributed by atoms with E-state index < -0.39 is 41.2 Å². The van der Waals surface area contributed by atoms with Gasteiger partial charge in [0.05, 0.1) is 5.69 Å². The number of nitrogens with one attached hydrogen (secondary N) is 2. The first-order valence-electron chi connectivity index (χ1n) is 8.64. The van der Waals surface area contributed by atoms with E-state index in [1.54, 1.807) is 24.3 Å². The first kappa shape index (κ1) is 21.1. The van der Waals surface area contributed by atoms with E-state index in [2.05, 4.69) is 15.7 Å². The second kappa shape index (κ2) is 8.83. The van der Waals surface area contributed by atoms with Crippen molar-refractivity contribution < 1.29 is 18.4 Å². The SMILES string of the molecule is CC(=O)Nc1cc(-c2ccc(Cl)cc2)nn(CC(=O)Nc2c(F)cccc2F)c1=O. The third-order valence-electron chi connectivity index (χ3n) is 3.95. The van der Waals surface area contributed by atoms with Crippen LogP contribution in [0.4, 0.5) is 20.2 Å². The van der Waals surface area contributed by atoms with E-state index in [4.69, 9.17) is 11.6 Å². The molecule has 0 aliphatic heterocycles. The fraction of sp³-hybridized carbons (Fsp3) is 0.100. The molecular weight excluding hydrogens is 418 g/mol. The Balaban J connectivity index is 1.97. The Kier molecular flexibility index (Phi) is 6.22. The average Bonchev–Trinajstić information content (AvgIpc) is 2.68. The van der Waals surface area contributed by atoms with Gasteiger partial charge >= 0.3 is 0 Å². The molecule has 10 heteroatoms. The number of carbonyl (C=O) groups is 2. The molecule has 3 rings (SSSR count). The van der Waals surface area contributed by atoms with Crippen LogP contribution in [0.3, 0.4) is 0 Å². The number of amides is 2. The number of anilines is 2. The van der Waals surface area contributed by atoms with E-state index in [0.717, 1.165) is 22.9 Å². The van der Waals surface area contributed by atoms with Crippen LogP contribution in [0.15, 0.2) is 53.3 Å². The van der Waals surface area contributed by atoms with Crippen LogP contribution in [0.25, 0.3) is 11.3 Å². The molecule has 0 aliphatic carbocycles. The molecule has 0 unspecified atom stereocenters. The summed E-state index contributed by atoms with van der Waals surface area (Å²) in [6.45, 7) is 0.584. The van der Waals surface area contributed by atoms with Gasteiger partial charge in [-0.2, -0.15) is 5.10 Å². The van der Waals surface area contributed by atoms with Gasteiger partial charge in [-0.1, -0.05) is 29.8 Å². The summed E-state index contributed by atoms with van der Waals surface area (Å²) in [6, 6.07) is 11.0. The lowest BCUT2D eigenvalue weighted by Crippen LogP contribution is -2.32. The van der Waals surface area contributed by atoms with Crippen LogP contribution in [-0.2, 0) is 16.1 Å². The van der Waals surface area contributed by atoms with Gasteiger partial charge < -0.3 is 10.6 Å². The van der Waals surface area contributed by atoms with Crippen molar-refractivity contribution in [3.8, 4) is 11.3 Å². The molecule has 1 aromatic heterocycles. The summed E-state index contributed by atoms with van der Waals surface area (Å²) in [4.78, 5) is 36.4. The molecule has 0 saturated carbocycles. The Hall–Kier alpha value is -3.59. The number of nitrogens with zero attached hydrogens (tertiary/aromatic N) is 2. The highest BCUT2D eigenvalue weighted by molar-refractivity contribution is 6.30. The minimum absolute atomic E-state index is 0.104. The summed E-state index contributed by atoms with van der Waals surface area (Å²) < 4.78 is 28.3. The molecule has 3 aromatic rings. The van der Waals surface area contributed by atoms with Crippen LogP contribution in [0.2, 0.25) is 5.02 Å². The predicted octanol–water partition coefficient (Wildman–Crippen LogP) is 3.44. The number of rotatable bonds is 5. The second-order valence-electron chi connectivity index (χ2n) is 6.24. The van der Waals surface area contributed by atoms with Gasteiger partial charge in [-0.05, 0) is 30.3 Å². The minimum atomic E-state index is -0.961. The lowest BCUT2D eigenvalue weighted by atomic mass is 10.1. The van der Waals surface area contributed by atoms with Gasteiger partial charge in [-0.25, -0.2) is 13.5 Å². The Morgan fingerprint density at radius 2 is 1.70 bits per heavy atom. The highest BCUT2D eigenvalue weighted by Crippen LogP contribution is 2.21. The summed E-state index contributed by atoms with van der Waals surface area (Å²) >= 11 is 5.88. The monoisotopic (exact) mass is 432 g/mol. The summed E-state index contributed by atoms with van der Waals surface area (Å²) in [6.07, 6.45) is 0. The highest BCUT2D eigenvalue weighted by Gasteiger charge is 2.16. The van der Waals surface area contributed by atoms with Crippen LogP contribution < -0.4 is 16.2 Å². The standard InChI is InChI=1S/C20H15ClF2N4O3/c1-11(28)24-17-9-16(12-5-7-13(21)8-6-12)26-27(20(17)30)10-18(29)25-19-14(22)3-2-4-15(19)23/h2-9H,10H2,1H3,(H,24,28)(H,25,29). The van der Waals surface area contributed by atoms with Gasteiger partial charge in [0.15, 0.2) is 0 Å². The Morgan fingerprint density at radius 1 is 1.07 bits per heavy atom. The van der Waals surface area contributed by atoms with Crippen LogP contribution >= 0.6 is 11.6 Å². The molecule has 0 fully saturated rings. The zero-order valence-electron chi connectivity index (χ0n) is 15.6. The molecule has 0 aliphatic rings. The lowest BCUT2D eigenvalue weighted by molar-refractivity contribution is -0.117. The van der Waals surface area contributed by atoms with Gasteiger partial charge in [-0.15, -0.1) is 0 Å². The van der Waals surface area contributed by atoms with Crippen molar-refractivity contribution in [1.29, 1.82) is 0 Å². The molecular formula is C20H15ClF2N4O3. The molecule has 0 spiro atoms. The summed E-state index contributed by atoms with van der Waals surface area (Å²) in [5, 5.41) is 9.09. The van der Waals surface area contributed by atoms with Crippen LogP contribution in [0, 0.1) is 11.6 Å². The average molecular weight is 433 g/mol. The number of hydrogen-bond acceptors (Lipinski definition) is 4. The molecule has 0 radical (unpaired) electrons. The first-order chi connectivity index (χ1) is 14.2. The van der Waals surface area contributed by atoms with Gasteiger partial charge in [-0.3, -0.25) is 14.4 Å². The van der Waals surface area contributed by atoms with Crippen molar-refractivity contribution in [2.75, 3.05) is 10.6 Å². The molecule has 1 heterocycles. The van der Waals surface area contributed by atoms with Gasteiger partial charge in [0.25, 0.3) is 5.56 Å². The molecule has 0 atom stereocenters. The van der Waals surface area contributed by atoms with Crippen molar-refractivity contribution in [3.63, 3.8) is 0 Å². The maximum Gasteiger partial charge on any atom is 0.291 e. The number of para-hydroxylation sites is 1. The maximum absolute atomic E-state index is 13.8. The summed E-state index contributed by atoms with van der Waals surface area (Å²) in [5.74, 6) is -3.30. The minimum Gasteiger partial charge on any atom is -0.322 e. The number of halogens is 3. The zero-order valence-corrected chi connectivity index (χ0v) is 16.3. The van der Waals surface area contributed by atoms with E-state index in [-0.39, 0.29) is 11.4 Å². The van der Waals surface area contributed by atoms with E-state index >= 15 is 0 Å². The van der Waals surface area contributed by atoms with Crippen molar-refractivity contribution >= 4 is 34.8 Å². The number of aromatic nitrogens is 2. The Labute approximate surface area is 174 Å². The lowest BCUT2D eigenvalue weighted by Gasteiger charge is -2.12. The number of hydrogen-bond donors (Lipinski definition) is 2. The summed E-state index contributed by atoms with van der Waals surface area (Å²) in [5.41, 5.74) is -0.647. The van der Waals surface area contributed by atoms with E-state index in [1.165, 1.54) is 13.0 Å². The molecule has 0 saturated heterocycles. The van der Waals surface area contributed by atoms with Gasteiger partial charge in [0.1, 0.15) is 29.6 Å². The third kappa shape index (κ3) is 4.87. The quantitative estimate of drug-likeness (QED) is 0.646. The van der Waals surface area contributed by atoms with Crippen molar-refractivity contribution in [2.24, 2.45) is 0 Å². The molecule has 154 valence electrons. The normalized spacial score (nSPS) is 10.5. The second-order valence-corrected chi connectivity index (χ2v) is 6.68. The fourth-order valence-corrected chi connectivity index (χ4v) is 2.75. The van der Waals surface area contributed by atoms with Crippen molar-refractivity contribution in [3.05, 3.63) is 75.5 Å². The van der Waals surface area contributed by atoms with Crippen LogP contribution in [0.5, 0.6) is 0 Å². The number of benzene rings is 2. The Bertz CT molecular complexity index is 1160. The molecule has 2 N–H and O–H groups in total. The molecule has 30 heavy (non-hydrogen) atoms. The van der Waals surface area contributed by atoms with E-state index in [1.807, 2.05) is 0 Å². The van der Waals surface area contributed by atoms with Gasteiger partial charge in [0.2, 0.25) is 11.8 Å². The first-order valence-corrected chi connectivity index (χ1v) is 9.02. The molecule has 0 bridgehead atoms. The van der Waals surface area contributed by atoms with Gasteiger partial charge in [0, 0.05) is 17.5 Å². The maximum atomic E-state index is 13.8. The smallest absolute Gasteiger partial charge is 0.291 e. The fourth-order valence-electron chi connectivity index (χ4n) is 2.62. The summed E-state index contributed by atoms with van der Waals surface area (Å²) in [7, 11) is 0. The zero-order chi connectivity index (χ0) is 21.8. The molecule has 7 nitrogen and oxygen atoms in total. The van der Waals surface area contributed by atoms with E-state index in [9.17, 15) is 23.2 Å². The van der Waals surface area contributed by atoms with Crippen LogP contribution in [-0.4, -0.2) is 21.6 Å². The molecule has 2 aromatic carbocycles. The number of carbonyl (C=O) groups excluding carboxylic acids is 2. The third-order valence-corrected chi connectivity index (χ3v) is 4.20. The highest BCUT2D eigenvalue weighted by atomic mass is 35.5. The molecule has 2 amide bonds. The van der Waals surface area contributed by atoms with Crippen molar-refractivity contribution in [1.82, 2.24) is 9.78 Å². The Morgan fingerprint density at radius 3 is 2.30 bits per heavy atom. The largest absolute Gasteiger partial charge is 0.322 e. The van der Waals surface area contributed by atoms with E-state index in [0.29, 0.717) is 10.6 Å². The van der Waals surface area contributed by atoms with Crippen molar-refractivity contribution in [2.45, 2.75) is 13.5 Å².